The maximum atomic E-state index is 11.8. The summed E-state index contributed by atoms with van der Waals surface area (Å²) in [6.45, 7) is 5.70. The Hall–Kier alpha value is -1.19. The molecule has 0 aromatic carbocycles. The van der Waals surface area contributed by atoms with Crippen LogP contribution in [-0.4, -0.2) is 15.9 Å². The molecule has 88 valence electrons. The second-order valence-corrected chi connectivity index (χ2v) is 5.52. The SMILES string of the molecule is CC(C)(C)C(=O)Cc1nc(C2CCC2)no1. The molecule has 0 atom stereocenters. The third-order valence-electron chi connectivity index (χ3n) is 3.10. The van der Waals surface area contributed by atoms with Crippen molar-refractivity contribution < 1.29 is 9.32 Å². The molecule has 1 aromatic heterocycles. The Kier molecular flexibility index (Phi) is 2.82. The van der Waals surface area contributed by atoms with Crippen LogP contribution in [0, 0.1) is 5.41 Å². The molecule has 2 rings (SSSR count). The second-order valence-electron chi connectivity index (χ2n) is 5.52. The molecule has 1 fully saturated rings. The highest BCUT2D eigenvalue weighted by molar-refractivity contribution is 5.84. The van der Waals surface area contributed by atoms with E-state index in [-0.39, 0.29) is 17.6 Å². The molecular weight excluding hydrogens is 204 g/mol. The normalized spacial score (nSPS) is 17.2. The molecule has 1 aliphatic carbocycles. The zero-order valence-electron chi connectivity index (χ0n) is 10.1. The largest absolute Gasteiger partial charge is 0.339 e. The van der Waals surface area contributed by atoms with E-state index in [0.717, 1.165) is 18.7 Å². The lowest BCUT2D eigenvalue weighted by atomic mass is 9.85. The van der Waals surface area contributed by atoms with Crippen molar-refractivity contribution in [1.29, 1.82) is 0 Å². The van der Waals surface area contributed by atoms with Gasteiger partial charge < -0.3 is 4.52 Å². The molecule has 0 amide bonds. The fraction of sp³-hybridized carbons (Fsp3) is 0.750. The summed E-state index contributed by atoms with van der Waals surface area (Å²) >= 11 is 0. The standard InChI is InChI=1S/C12H18N2O2/c1-12(2,3)9(15)7-10-13-11(14-16-10)8-5-4-6-8/h8H,4-7H2,1-3H3. The van der Waals surface area contributed by atoms with Crippen LogP contribution in [0.3, 0.4) is 0 Å². The van der Waals surface area contributed by atoms with E-state index in [4.69, 9.17) is 4.52 Å². The van der Waals surface area contributed by atoms with Gasteiger partial charge in [-0.25, -0.2) is 0 Å². The van der Waals surface area contributed by atoms with Gasteiger partial charge >= 0.3 is 0 Å². The minimum atomic E-state index is -0.342. The van der Waals surface area contributed by atoms with E-state index in [1.165, 1.54) is 6.42 Å². The van der Waals surface area contributed by atoms with Crippen LogP contribution in [0.1, 0.15) is 57.7 Å². The summed E-state index contributed by atoms with van der Waals surface area (Å²) in [5.74, 6) is 1.84. The molecule has 0 aliphatic heterocycles. The molecule has 0 unspecified atom stereocenters. The maximum absolute atomic E-state index is 11.8. The van der Waals surface area contributed by atoms with Crippen molar-refractivity contribution >= 4 is 5.78 Å². The molecule has 16 heavy (non-hydrogen) atoms. The summed E-state index contributed by atoms with van der Waals surface area (Å²) in [4.78, 5) is 16.1. The molecule has 1 saturated carbocycles. The average Bonchev–Trinajstić information content (AvgIpc) is 2.48. The van der Waals surface area contributed by atoms with E-state index >= 15 is 0 Å². The predicted octanol–water partition coefficient (Wildman–Crippen LogP) is 2.49. The molecule has 0 N–H and O–H groups in total. The van der Waals surface area contributed by atoms with Crippen LogP contribution in [0.25, 0.3) is 0 Å². The fourth-order valence-corrected chi connectivity index (χ4v) is 1.57. The van der Waals surface area contributed by atoms with Gasteiger partial charge in [-0.05, 0) is 12.8 Å². The van der Waals surface area contributed by atoms with E-state index in [0.29, 0.717) is 11.8 Å². The summed E-state index contributed by atoms with van der Waals surface area (Å²) in [5.41, 5.74) is -0.342. The van der Waals surface area contributed by atoms with Crippen molar-refractivity contribution in [3.05, 3.63) is 11.7 Å². The first kappa shape index (κ1) is 11.3. The smallest absolute Gasteiger partial charge is 0.234 e. The Morgan fingerprint density at radius 3 is 2.62 bits per heavy atom. The van der Waals surface area contributed by atoms with E-state index in [1.54, 1.807) is 0 Å². The van der Waals surface area contributed by atoms with E-state index in [9.17, 15) is 4.79 Å². The Bertz CT molecular complexity index is 386. The van der Waals surface area contributed by atoms with Crippen LogP contribution in [0.5, 0.6) is 0 Å². The Morgan fingerprint density at radius 1 is 1.44 bits per heavy atom. The number of nitrogens with zero attached hydrogens (tertiary/aromatic N) is 2. The van der Waals surface area contributed by atoms with Gasteiger partial charge in [-0.15, -0.1) is 0 Å². The van der Waals surface area contributed by atoms with Crippen LogP contribution < -0.4 is 0 Å². The molecular formula is C12H18N2O2. The zero-order chi connectivity index (χ0) is 11.8. The maximum Gasteiger partial charge on any atom is 0.234 e. The highest BCUT2D eigenvalue weighted by Gasteiger charge is 2.27. The topological polar surface area (TPSA) is 56.0 Å². The summed E-state index contributed by atoms with van der Waals surface area (Å²) in [5, 5.41) is 3.93. The molecule has 0 radical (unpaired) electrons. The predicted molar refractivity (Wildman–Crippen MR) is 59.1 cm³/mol. The quantitative estimate of drug-likeness (QED) is 0.788. The summed E-state index contributed by atoms with van der Waals surface area (Å²) in [6.07, 6.45) is 3.79. The van der Waals surface area contributed by atoms with Crippen molar-refractivity contribution in [3.63, 3.8) is 0 Å². The van der Waals surface area contributed by atoms with Gasteiger partial charge in [-0.1, -0.05) is 32.3 Å². The number of Topliss-reactive ketones (excluding diaryl/α,β-unsaturated/α-hetero) is 1. The third kappa shape index (κ3) is 2.31. The monoisotopic (exact) mass is 222 g/mol. The van der Waals surface area contributed by atoms with Crippen LogP contribution in [-0.2, 0) is 11.2 Å². The number of aromatic nitrogens is 2. The Labute approximate surface area is 95.4 Å². The molecule has 1 aromatic rings. The van der Waals surface area contributed by atoms with Gasteiger partial charge in [0, 0.05) is 11.3 Å². The highest BCUT2D eigenvalue weighted by Crippen LogP contribution is 2.34. The summed E-state index contributed by atoms with van der Waals surface area (Å²) < 4.78 is 5.11. The highest BCUT2D eigenvalue weighted by atomic mass is 16.5. The van der Waals surface area contributed by atoms with Crippen molar-refractivity contribution in [2.75, 3.05) is 0 Å². The first-order valence-electron chi connectivity index (χ1n) is 5.82. The molecule has 4 nitrogen and oxygen atoms in total. The van der Waals surface area contributed by atoms with Gasteiger partial charge in [0.2, 0.25) is 5.89 Å². The Morgan fingerprint density at radius 2 is 2.12 bits per heavy atom. The molecule has 0 bridgehead atoms. The number of hydrogen-bond acceptors (Lipinski definition) is 4. The molecule has 1 aliphatic rings. The molecule has 1 heterocycles. The molecule has 0 saturated heterocycles. The summed E-state index contributed by atoms with van der Waals surface area (Å²) in [7, 11) is 0. The van der Waals surface area contributed by atoms with Crippen molar-refractivity contribution in [2.24, 2.45) is 5.41 Å². The lowest BCUT2D eigenvalue weighted by molar-refractivity contribution is -0.125. The second kappa shape index (κ2) is 4.00. The first-order chi connectivity index (χ1) is 7.47. The number of hydrogen-bond donors (Lipinski definition) is 0. The van der Waals surface area contributed by atoms with Crippen molar-refractivity contribution in [3.8, 4) is 0 Å². The van der Waals surface area contributed by atoms with Crippen LogP contribution in [0.4, 0.5) is 0 Å². The minimum absolute atomic E-state index is 0.135. The van der Waals surface area contributed by atoms with Crippen LogP contribution in [0.15, 0.2) is 4.52 Å². The fourth-order valence-electron chi connectivity index (χ4n) is 1.57. The van der Waals surface area contributed by atoms with Gasteiger partial charge in [0.05, 0.1) is 6.42 Å². The van der Waals surface area contributed by atoms with Crippen LogP contribution in [0.2, 0.25) is 0 Å². The number of ketones is 1. The van der Waals surface area contributed by atoms with Gasteiger partial charge in [0.25, 0.3) is 0 Å². The Balaban J connectivity index is 2.00. The molecule has 0 spiro atoms. The van der Waals surface area contributed by atoms with Gasteiger partial charge in [0.1, 0.15) is 5.78 Å². The van der Waals surface area contributed by atoms with E-state index < -0.39 is 0 Å². The van der Waals surface area contributed by atoms with Crippen molar-refractivity contribution in [2.45, 2.75) is 52.4 Å². The van der Waals surface area contributed by atoms with Crippen LogP contribution >= 0.6 is 0 Å². The number of carbonyl (C=O) groups excluding carboxylic acids is 1. The van der Waals surface area contributed by atoms with E-state index in [2.05, 4.69) is 10.1 Å². The van der Waals surface area contributed by atoms with Crippen molar-refractivity contribution in [1.82, 2.24) is 10.1 Å². The summed E-state index contributed by atoms with van der Waals surface area (Å²) in [6, 6.07) is 0. The van der Waals surface area contributed by atoms with Gasteiger partial charge in [-0.3, -0.25) is 4.79 Å². The average molecular weight is 222 g/mol. The first-order valence-corrected chi connectivity index (χ1v) is 5.82. The zero-order valence-corrected chi connectivity index (χ0v) is 10.1. The van der Waals surface area contributed by atoms with E-state index in [1.807, 2.05) is 20.8 Å². The number of rotatable bonds is 3. The third-order valence-corrected chi connectivity index (χ3v) is 3.10. The molecule has 4 heteroatoms. The lowest BCUT2D eigenvalue weighted by Crippen LogP contribution is -2.22. The minimum Gasteiger partial charge on any atom is -0.339 e. The van der Waals surface area contributed by atoms with Gasteiger partial charge in [-0.2, -0.15) is 4.98 Å². The lowest BCUT2D eigenvalue weighted by Gasteiger charge is -2.21. The van der Waals surface area contributed by atoms with Gasteiger partial charge in [0.15, 0.2) is 5.82 Å². The number of carbonyl (C=O) groups is 1.